The summed E-state index contributed by atoms with van der Waals surface area (Å²) in [6.07, 6.45) is 5.51. The molecule has 3 saturated heterocycles. The predicted octanol–water partition coefficient (Wildman–Crippen LogP) is 2.31. The van der Waals surface area contributed by atoms with Gasteiger partial charge in [-0.25, -0.2) is 19.2 Å². The Bertz CT molecular complexity index is 4210. The molecule has 8 N–H and O–H groups in total. The van der Waals surface area contributed by atoms with Crippen LogP contribution in [-0.4, -0.2) is 233 Å². The molecule has 4 aliphatic rings. The molecule has 3 aromatic heterocycles. The van der Waals surface area contributed by atoms with Crippen LogP contribution in [0.5, 0.6) is 5.75 Å². The van der Waals surface area contributed by atoms with E-state index in [0.29, 0.717) is 19.3 Å². The molecule has 2 unspecified atom stereocenters. The fourth-order valence-electron chi connectivity index (χ4n) is 11.5. The van der Waals surface area contributed by atoms with Crippen molar-refractivity contribution >= 4 is 63.4 Å². The summed E-state index contributed by atoms with van der Waals surface area (Å²) < 4.78 is 37.6. The number of rotatable bonds is 25. The standard InChI is InChI=1S/C33H39N2O9P.C18H29N2O7P.C16H25N2O7P/c1-20(31(39)44-33(41)42-19-25-23-11-7-5-9-21(23)22-10-6-8-12-24(22)25)13-16-34-27(36)14-17-35(32(34)40)30-29(38)28(37)26(43-30)15-18-45(2,3)4;1-11(17(24)25)5-8-19-13(21)6-9-20(18(19)26)16-15(23)14(22)12(27-16)7-10-28(2,3)4;1-9(19)8-24-11-7-18(16(23)17-14(11)22)15-13(21)12(20)10(25-15)5-6-26(2,3)4/h5-12,14,17,20,25-26,28-30,37-38H,2,13,15-16,18-19H2,1,3-4H3;6,9,11-12,14-16,22-23H,2,5,7-8,10H2,1,3-4H3,(H,24,25);7,10,12-13,15,20-21H,2,5-6,8H2,1,3-4H3,(H,17,22,23)/t20?,26-,28-,29-,30-;11?,12-,14-,15-,16-;10-,12-,13-,15-/m111/s1. The van der Waals surface area contributed by atoms with Crippen molar-refractivity contribution in [3.63, 3.8) is 0 Å². The molecule has 0 saturated carbocycles. The maximum atomic E-state index is 13.3. The van der Waals surface area contributed by atoms with Crippen molar-refractivity contribution in [2.24, 2.45) is 11.8 Å². The number of fused-ring (bicyclic) bond motifs is 3. The first-order valence-electron chi connectivity index (χ1n) is 32.2. The Kier molecular flexibility index (Phi) is 26.9. The molecule has 99 heavy (non-hydrogen) atoms. The Morgan fingerprint density at radius 2 is 0.970 bits per heavy atom. The first kappa shape index (κ1) is 79.2. The number of nitrogens with one attached hydrogen (secondary N) is 1. The summed E-state index contributed by atoms with van der Waals surface area (Å²) in [7, 11) is 0. The van der Waals surface area contributed by atoms with Gasteiger partial charge in [-0.1, -0.05) is 62.4 Å². The molecule has 14 atom stereocenters. The minimum Gasteiger partial charge on any atom is -0.481 e. The van der Waals surface area contributed by atoms with Gasteiger partial charge in [-0.15, -0.1) is 39.6 Å². The van der Waals surface area contributed by atoms with Gasteiger partial charge in [-0.2, -0.15) is 0 Å². The topological polar surface area (TPSA) is 408 Å². The van der Waals surface area contributed by atoms with E-state index in [1.165, 1.54) is 33.2 Å². The smallest absolute Gasteiger partial charge is 0.481 e. The molecule has 3 fully saturated rings. The predicted molar refractivity (Wildman–Crippen MR) is 378 cm³/mol. The average Bonchev–Trinajstić information content (AvgIpc) is 1.65. The number of aliphatic hydroxyl groups is 6. The number of H-pyrrole nitrogens is 1. The van der Waals surface area contributed by atoms with Gasteiger partial charge in [0.25, 0.3) is 16.7 Å². The lowest BCUT2D eigenvalue weighted by atomic mass is 9.98. The second-order valence-electron chi connectivity index (χ2n) is 27.6. The number of ether oxygens (including phenoxy) is 6. The molecular formula is C67H93N6O23P3. The van der Waals surface area contributed by atoms with Gasteiger partial charge < -0.3 is 64.2 Å². The minimum atomic E-state index is -1.40. The van der Waals surface area contributed by atoms with E-state index in [1.54, 1.807) is 0 Å². The first-order chi connectivity index (χ1) is 46.3. The lowest BCUT2D eigenvalue weighted by molar-refractivity contribution is -0.144. The maximum absolute atomic E-state index is 13.3. The molecule has 5 aromatic rings. The molecule has 0 spiro atoms. The van der Waals surface area contributed by atoms with Crippen LogP contribution in [0, 0.1) is 11.8 Å². The Hall–Kier alpha value is -7.10. The van der Waals surface area contributed by atoms with Crippen molar-refractivity contribution in [2.75, 3.05) is 71.7 Å². The molecule has 6 heterocycles. The molecule has 0 radical (unpaired) electrons. The van der Waals surface area contributed by atoms with Crippen LogP contribution in [0.1, 0.15) is 88.6 Å². The highest BCUT2D eigenvalue weighted by Gasteiger charge is 2.47. The van der Waals surface area contributed by atoms with Crippen molar-refractivity contribution < 1.29 is 83.3 Å². The Morgan fingerprint density at radius 1 is 0.576 bits per heavy atom. The highest BCUT2D eigenvalue weighted by atomic mass is 31.2. The second kappa shape index (κ2) is 33.6. The number of carbonyl (C=O) groups is 4. The zero-order valence-corrected chi connectivity index (χ0v) is 59.7. The van der Waals surface area contributed by atoms with Crippen LogP contribution in [-0.2, 0) is 51.2 Å². The normalized spacial score (nSPS) is 24.1. The number of ketones is 1. The lowest BCUT2D eigenvalue weighted by Gasteiger charge is -2.20. The summed E-state index contributed by atoms with van der Waals surface area (Å²) in [5, 5.41) is 71.4. The number of aliphatic hydroxyl groups excluding tert-OH is 6. The highest BCUT2D eigenvalue weighted by molar-refractivity contribution is 7.72. The summed E-state index contributed by atoms with van der Waals surface area (Å²) in [4.78, 5) is 124. The Balaban J connectivity index is 0.000000221. The number of hydrogen-bond donors (Lipinski definition) is 8. The van der Waals surface area contributed by atoms with Crippen molar-refractivity contribution in [2.45, 2.75) is 146 Å². The average molecular weight is 1440 g/mol. The third-order valence-electron chi connectivity index (χ3n) is 17.4. The van der Waals surface area contributed by atoms with Crippen LogP contribution in [0.4, 0.5) is 4.79 Å². The molecule has 1 aliphatic carbocycles. The van der Waals surface area contributed by atoms with Crippen LogP contribution >= 0.6 is 20.7 Å². The monoisotopic (exact) mass is 1440 g/mol. The Labute approximate surface area is 571 Å². The van der Waals surface area contributed by atoms with Crippen LogP contribution in [0.2, 0.25) is 0 Å². The fraction of sp³-hybridized carbons (Fsp3) is 0.537. The molecule has 32 heteroatoms. The van der Waals surface area contributed by atoms with E-state index in [0.717, 1.165) is 81.9 Å². The van der Waals surface area contributed by atoms with Crippen molar-refractivity contribution in [3.05, 3.63) is 153 Å². The number of carboxylic acids is 1. The number of aromatic nitrogens is 6. The number of aliphatic carboxylic acids is 1. The van der Waals surface area contributed by atoms with E-state index in [1.807, 2.05) is 61.9 Å². The van der Waals surface area contributed by atoms with Crippen molar-refractivity contribution in [1.82, 2.24) is 27.8 Å². The summed E-state index contributed by atoms with van der Waals surface area (Å²) >= 11 is 0. The fourth-order valence-corrected chi connectivity index (χ4v) is 14.4. The molecule has 9 rings (SSSR count). The zero-order chi connectivity index (χ0) is 73.3. The van der Waals surface area contributed by atoms with Gasteiger partial charge in [0.1, 0.15) is 49.8 Å². The molecule has 2 aromatic carbocycles. The van der Waals surface area contributed by atoms with Crippen molar-refractivity contribution in [1.29, 1.82) is 0 Å². The van der Waals surface area contributed by atoms with Gasteiger partial charge in [0.15, 0.2) is 24.5 Å². The SMILES string of the molecule is C=P(C)(C)CC[C@H]1O[C@@H](n2cc(OCC(C)=O)c(=O)[nH]c2=O)[C@H](O)[C@@H]1O.C=P(C)(C)CC[C@H]1O[C@@H](n2ccc(=O)n(CCC(C)C(=O)O)c2=O)[C@H](O)[C@@H]1O.C=P(C)(C)CC[C@H]1O[C@@H](n2ccc(=O)n(CCC(C)C(=O)OC(=O)OCC3c4ccccc4-c4ccccc43)c2=O)[C@H](O)[C@@H]1O. The molecular weight excluding hydrogens is 1350 g/mol. The highest BCUT2D eigenvalue weighted by Crippen LogP contribution is 2.45. The molecule has 3 aliphatic heterocycles. The Morgan fingerprint density at radius 3 is 1.36 bits per heavy atom. The summed E-state index contributed by atoms with van der Waals surface area (Å²) in [5.41, 5.74) is -0.0724. The first-order valence-corrected chi connectivity index (χ1v) is 41.4. The summed E-state index contributed by atoms with van der Waals surface area (Å²) in [6, 6.07) is 18.0. The van der Waals surface area contributed by atoms with Gasteiger partial charge in [-0.3, -0.25) is 56.6 Å². The molecule has 0 bridgehead atoms. The van der Waals surface area contributed by atoms with Crippen LogP contribution < -0.4 is 38.5 Å². The molecule has 29 nitrogen and oxygen atoms in total. The zero-order valence-electron chi connectivity index (χ0n) is 57.0. The van der Waals surface area contributed by atoms with Gasteiger partial charge in [0.05, 0.1) is 36.3 Å². The number of esters is 1. The molecule has 544 valence electrons. The summed E-state index contributed by atoms with van der Waals surface area (Å²) in [6.45, 7) is 12.0. The maximum Gasteiger partial charge on any atom is 0.516 e. The number of carbonyl (C=O) groups excluding carboxylic acids is 3. The number of nitrogens with zero attached hydrogens (tertiary/aromatic N) is 5. The number of benzene rings is 2. The number of carboxylic acid groups (broad SMARTS) is 1. The van der Waals surface area contributed by atoms with Crippen LogP contribution in [0.25, 0.3) is 11.1 Å². The van der Waals surface area contributed by atoms with Crippen LogP contribution in [0.3, 0.4) is 0 Å². The second-order valence-corrected chi connectivity index (χ2v) is 40.5. The van der Waals surface area contributed by atoms with Crippen LogP contribution in [0.15, 0.2) is 108 Å². The van der Waals surface area contributed by atoms with E-state index in [9.17, 15) is 78.6 Å². The van der Waals surface area contributed by atoms with Gasteiger partial charge in [0.2, 0.25) is 5.75 Å². The minimum absolute atomic E-state index is 0.00718. The van der Waals surface area contributed by atoms with E-state index in [2.05, 4.69) is 50.5 Å². The van der Waals surface area contributed by atoms with E-state index < -0.39 is 158 Å². The van der Waals surface area contributed by atoms with Gasteiger partial charge in [0, 0.05) is 43.5 Å². The number of Topliss-reactive ketones (excluding diaryl/α,β-unsaturated/α-hetero) is 1. The lowest BCUT2D eigenvalue weighted by Crippen LogP contribution is -2.43. The third-order valence-corrected chi connectivity index (χ3v) is 21.8. The van der Waals surface area contributed by atoms with Crippen molar-refractivity contribution in [3.8, 4) is 16.9 Å². The quantitative estimate of drug-likeness (QED) is 0.0236. The van der Waals surface area contributed by atoms with Gasteiger partial charge >= 0.3 is 35.2 Å². The third kappa shape index (κ3) is 20.6. The van der Waals surface area contributed by atoms with E-state index in [4.69, 9.17) is 33.5 Å². The van der Waals surface area contributed by atoms with E-state index in [-0.39, 0.29) is 56.6 Å². The summed E-state index contributed by atoms with van der Waals surface area (Å²) in [5.74, 6) is -4.17. The number of aromatic amines is 1. The van der Waals surface area contributed by atoms with E-state index >= 15 is 0 Å². The van der Waals surface area contributed by atoms with Gasteiger partial charge in [-0.05, 0) is 120 Å². The largest absolute Gasteiger partial charge is 0.516 e. The molecule has 0 amide bonds. The number of hydrogen-bond acceptors (Lipinski definition) is 22.